The first-order valence-corrected chi connectivity index (χ1v) is 30.8. The summed E-state index contributed by atoms with van der Waals surface area (Å²) >= 11 is 0. The molecule has 1 nitrogen and oxygen atoms in total. The van der Waals surface area contributed by atoms with E-state index < -0.39 is 0 Å². The molecule has 9 aromatic rings. The molecule has 4 aliphatic carbocycles. The van der Waals surface area contributed by atoms with Gasteiger partial charge in [-0.2, -0.15) is 0 Å². The predicted molar refractivity (Wildman–Crippen MR) is 357 cm³/mol. The molecule has 0 N–H and O–H groups in total. The van der Waals surface area contributed by atoms with Crippen molar-refractivity contribution in [3.63, 3.8) is 0 Å². The van der Waals surface area contributed by atoms with Crippen molar-refractivity contribution in [2.75, 3.05) is 4.90 Å². The maximum absolute atomic E-state index is 2.59. The van der Waals surface area contributed by atoms with Crippen molar-refractivity contribution in [1.82, 2.24) is 0 Å². The number of benzene rings is 9. The molecule has 0 fully saturated rings. The third kappa shape index (κ3) is 8.43. The lowest BCUT2D eigenvalue weighted by Crippen LogP contribution is -2.19. The molecule has 13 rings (SSSR count). The quantitative estimate of drug-likeness (QED) is 0.166. The van der Waals surface area contributed by atoms with Gasteiger partial charge in [-0.25, -0.2) is 0 Å². The van der Waals surface area contributed by atoms with Gasteiger partial charge in [0, 0.05) is 38.7 Å². The highest BCUT2D eigenvalue weighted by molar-refractivity contribution is 5.93. The number of hydrogen-bond acceptors (Lipinski definition) is 1. The summed E-state index contributed by atoms with van der Waals surface area (Å²) in [5.74, 6) is 0. The van der Waals surface area contributed by atoms with Crippen LogP contribution in [0.4, 0.5) is 17.1 Å². The molecule has 420 valence electrons. The van der Waals surface area contributed by atoms with Crippen molar-refractivity contribution in [3.05, 3.63) is 231 Å². The van der Waals surface area contributed by atoms with Crippen molar-refractivity contribution in [1.29, 1.82) is 0 Å². The maximum atomic E-state index is 2.59. The Hall–Kier alpha value is -7.22. The van der Waals surface area contributed by atoms with Gasteiger partial charge in [0.1, 0.15) is 0 Å². The van der Waals surface area contributed by atoms with Crippen LogP contribution in [0.2, 0.25) is 0 Å². The molecule has 0 radical (unpaired) electrons. The van der Waals surface area contributed by atoms with Crippen molar-refractivity contribution in [2.24, 2.45) is 0 Å². The average molecular weight is 1090 g/mol. The van der Waals surface area contributed by atoms with E-state index >= 15 is 0 Å². The van der Waals surface area contributed by atoms with Crippen LogP contribution in [0, 0.1) is 0 Å². The Morgan fingerprint density at radius 1 is 0.217 bits per heavy atom. The lowest BCUT2D eigenvalue weighted by molar-refractivity contribution is 0.584. The fourth-order valence-corrected chi connectivity index (χ4v) is 15.0. The van der Waals surface area contributed by atoms with Crippen molar-refractivity contribution < 1.29 is 0 Å². The summed E-state index contributed by atoms with van der Waals surface area (Å²) in [5, 5.41) is 0. The Kier molecular flexibility index (Phi) is 11.7. The van der Waals surface area contributed by atoms with Gasteiger partial charge in [-0.15, -0.1) is 0 Å². The third-order valence-electron chi connectivity index (χ3n) is 20.5. The summed E-state index contributed by atoms with van der Waals surface area (Å²) in [4.78, 5) is 2.59. The summed E-state index contributed by atoms with van der Waals surface area (Å²) in [6, 6.07) is 65.8. The summed E-state index contributed by atoms with van der Waals surface area (Å²) in [6.45, 7) is 47.4. The van der Waals surface area contributed by atoms with E-state index in [-0.39, 0.29) is 43.3 Å². The van der Waals surface area contributed by atoms with Gasteiger partial charge in [-0.05, 0) is 210 Å². The van der Waals surface area contributed by atoms with Crippen molar-refractivity contribution in [3.8, 4) is 66.8 Å². The van der Waals surface area contributed by atoms with Crippen LogP contribution in [0.15, 0.2) is 164 Å². The Morgan fingerprint density at radius 2 is 0.446 bits per heavy atom. The van der Waals surface area contributed by atoms with Crippen LogP contribution in [0.5, 0.6) is 0 Å². The number of hydrogen-bond donors (Lipinski definition) is 0. The van der Waals surface area contributed by atoms with Gasteiger partial charge in [-0.3, -0.25) is 0 Å². The molecular formula is C82H87N. The zero-order valence-corrected chi connectivity index (χ0v) is 53.5. The molecule has 0 heterocycles. The van der Waals surface area contributed by atoms with E-state index in [4.69, 9.17) is 0 Å². The largest absolute Gasteiger partial charge is 0.310 e. The molecule has 0 spiro atoms. The van der Waals surface area contributed by atoms with E-state index in [9.17, 15) is 0 Å². The van der Waals surface area contributed by atoms with Crippen LogP contribution in [0.3, 0.4) is 0 Å². The fraction of sp³-hybridized carbons (Fsp3) is 0.341. The van der Waals surface area contributed by atoms with E-state index in [0.29, 0.717) is 0 Å². The third-order valence-corrected chi connectivity index (χ3v) is 20.5. The van der Waals surface area contributed by atoms with Gasteiger partial charge in [0.05, 0.1) is 0 Å². The fourth-order valence-electron chi connectivity index (χ4n) is 15.0. The van der Waals surface area contributed by atoms with Crippen LogP contribution in [-0.2, 0) is 43.3 Å². The lowest BCUT2D eigenvalue weighted by Gasteiger charge is -2.31. The summed E-state index contributed by atoms with van der Waals surface area (Å²) < 4.78 is 0. The number of rotatable bonds is 5. The monoisotopic (exact) mass is 1090 g/mol. The van der Waals surface area contributed by atoms with Gasteiger partial charge in [0.25, 0.3) is 0 Å². The molecular weight excluding hydrogens is 999 g/mol. The standard InChI is InChI=1S/C82H87N/c1-75(2,3)52-23-31-61-59-29-21-48(40-67(59)79(13,14)69(61)42-52)50-37-51(49-22-30-60-62-32-24-53(76(4,5)6)43-70(62)80(15,16)68(60)41-49)39-58(38-50)83(56-27-35-65-63-33-25-54(77(7,8)9)44-71(63)81(17,18)73(65)46-56)57-28-36-66-64-34-26-55(78(10,11)12)45-72(64)82(19,20)74(66)47-57/h21-47H,1-20H3. The molecule has 0 atom stereocenters. The average Bonchev–Trinajstić information content (AvgIpc) is 1.98. The highest BCUT2D eigenvalue weighted by Gasteiger charge is 2.42. The molecule has 83 heavy (non-hydrogen) atoms. The molecule has 0 aromatic heterocycles. The van der Waals surface area contributed by atoms with Gasteiger partial charge < -0.3 is 4.90 Å². The molecule has 0 unspecified atom stereocenters. The molecule has 0 saturated carbocycles. The first kappa shape index (κ1) is 55.0. The van der Waals surface area contributed by atoms with Crippen molar-refractivity contribution >= 4 is 17.1 Å². The second-order valence-electron chi connectivity index (χ2n) is 31.6. The zero-order chi connectivity index (χ0) is 59.3. The first-order chi connectivity index (χ1) is 38.6. The normalized spacial score (nSPS) is 16.3. The number of nitrogens with zero attached hydrogens (tertiary/aromatic N) is 1. The Bertz CT molecular complexity index is 3960. The predicted octanol–water partition coefficient (Wildman–Crippen LogP) is 22.9. The first-order valence-electron chi connectivity index (χ1n) is 30.8. The number of anilines is 3. The summed E-state index contributed by atoms with van der Waals surface area (Å²) in [7, 11) is 0. The number of fused-ring (bicyclic) bond motifs is 12. The van der Waals surface area contributed by atoms with E-state index in [1.165, 1.54) is 134 Å². The van der Waals surface area contributed by atoms with E-state index in [0.717, 1.165) is 17.1 Å². The highest BCUT2D eigenvalue weighted by atomic mass is 15.1. The molecule has 0 saturated heterocycles. The molecule has 0 bridgehead atoms. The Balaban J connectivity index is 1.04. The molecule has 9 aromatic carbocycles. The topological polar surface area (TPSA) is 3.24 Å². The van der Waals surface area contributed by atoms with Crippen LogP contribution < -0.4 is 4.90 Å². The van der Waals surface area contributed by atoms with E-state index in [1.807, 2.05) is 0 Å². The molecule has 1 heteroatoms. The minimum Gasteiger partial charge on any atom is -0.310 e. The van der Waals surface area contributed by atoms with Gasteiger partial charge in [-0.1, -0.05) is 248 Å². The lowest BCUT2D eigenvalue weighted by atomic mass is 9.78. The Morgan fingerprint density at radius 3 is 0.711 bits per heavy atom. The summed E-state index contributed by atoms with van der Waals surface area (Å²) in [5.41, 5.74) is 35.2. The summed E-state index contributed by atoms with van der Waals surface area (Å²) in [6.07, 6.45) is 0. The van der Waals surface area contributed by atoms with Crippen LogP contribution in [-0.4, -0.2) is 0 Å². The molecule has 0 aliphatic heterocycles. The smallest absolute Gasteiger partial charge is 0.0473 e. The van der Waals surface area contributed by atoms with Crippen molar-refractivity contribution in [2.45, 2.75) is 182 Å². The van der Waals surface area contributed by atoms with Gasteiger partial charge >= 0.3 is 0 Å². The second kappa shape index (κ2) is 17.7. The van der Waals surface area contributed by atoms with Crippen LogP contribution in [0.1, 0.15) is 205 Å². The maximum Gasteiger partial charge on any atom is 0.0473 e. The van der Waals surface area contributed by atoms with Crippen LogP contribution >= 0.6 is 0 Å². The van der Waals surface area contributed by atoms with Gasteiger partial charge in [0.15, 0.2) is 0 Å². The minimum atomic E-state index is -0.210. The Labute approximate surface area is 498 Å². The SMILES string of the molecule is CC(C)(C)c1ccc2c(c1)C(C)(C)c1cc(-c3cc(-c4ccc5c(c4)C(C)(C)c4cc(C(C)(C)C)ccc4-5)cc(N(c4ccc5c(c4)C(C)(C)c4cc(C(C)(C)C)ccc4-5)c4ccc5c(c4)C(C)(C)c4cc(C(C)(C)C)ccc4-5)c3)ccc1-2. The van der Waals surface area contributed by atoms with E-state index in [2.05, 4.69) is 307 Å². The van der Waals surface area contributed by atoms with Gasteiger partial charge in [0.2, 0.25) is 0 Å². The molecule has 0 amide bonds. The highest BCUT2D eigenvalue weighted by Crippen LogP contribution is 2.57. The minimum absolute atomic E-state index is 0.0442. The second-order valence-corrected chi connectivity index (χ2v) is 31.6. The molecule has 4 aliphatic rings. The van der Waals surface area contributed by atoms with Crippen LogP contribution in [0.25, 0.3) is 66.8 Å². The van der Waals surface area contributed by atoms with E-state index in [1.54, 1.807) is 0 Å². The zero-order valence-electron chi connectivity index (χ0n) is 53.5.